The fraction of sp³-hybridized carbons (Fsp3) is 0.625. The highest BCUT2D eigenvalue weighted by atomic mass is 16.5. The molecule has 1 aliphatic carbocycles. The van der Waals surface area contributed by atoms with Crippen LogP contribution in [0.4, 0.5) is 0 Å². The van der Waals surface area contributed by atoms with Gasteiger partial charge in [0.1, 0.15) is 0 Å². The first-order chi connectivity index (χ1) is 8.98. The Morgan fingerprint density at radius 1 is 1.21 bits per heavy atom. The van der Waals surface area contributed by atoms with Crippen LogP contribution in [0.5, 0.6) is 11.5 Å². The van der Waals surface area contributed by atoms with Crippen molar-refractivity contribution < 1.29 is 9.47 Å². The lowest BCUT2D eigenvalue weighted by Crippen LogP contribution is -2.34. The predicted octanol–water partition coefficient (Wildman–Crippen LogP) is 3.30. The van der Waals surface area contributed by atoms with Crippen LogP contribution < -0.4 is 15.2 Å². The van der Waals surface area contributed by atoms with Crippen molar-refractivity contribution in [2.45, 2.75) is 57.6 Å². The quantitative estimate of drug-likeness (QED) is 0.886. The Balaban J connectivity index is 2.15. The Morgan fingerprint density at radius 2 is 1.89 bits per heavy atom. The highest BCUT2D eigenvalue weighted by molar-refractivity contribution is 5.43. The molecule has 1 saturated carbocycles. The molecule has 106 valence electrons. The van der Waals surface area contributed by atoms with Gasteiger partial charge in [0, 0.05) is 5.54 Å². The van der Waals surface area contributed by atoms with Gasteiger partial charge in [0.15, 0.2) is 11.5 Å². The summed E-state index contributed by atoms with van der Waals surface area (Å²) in [4.78, 5) is 0. The Labute approximate surface area is 116 Å². The van der Waals surface area contributed by atoms with Gasteiger partial charge in [-0.1, -0.05) is 6.07 Å². The van der Waals surface area contributed by atoms with Crippen LogP contribution in [0.15, 0.2) is 18.2 Å². The Hall–Kier alpha value is -1.22. The topological polar surface area (TPSA) is 44.5 Å². The average Bonchev–Trinajstić information content (AvgIpc) is 2.80. The van der Waals surface area contributed by atoms with E-state index in [2.05, 4.69) is 12.1 Å². The van der Waals surface area contributed by atoms with Gasteiger partial charge in [-0.3, -0.25) is 0 Å². The van der Waals surface area contributed by atoms with Crippen molar-refractivity contribution in [1.29, 1.82) is 0 Å². The summed E-state index contributed by atoms with van der Waals surface area (Å²) in [5, 5.41) is 0. The van der Waals surface area contributed by atoms with Crippen molar-refractivity contribution in [3.05, 3.63) is 23.8 Å². The van der Waals surface area contributed by atoms with Crippen LogP contribution in [0.1, 0.15) is 45.1 Å². The molecule has 0 amide bonds. The summed E-state index contributed by atoms with van der Waals surface area (Å²) in [5.74, 6) is 1.67. The zero-order valence-corrected chi connectivity index (χ0v) is 12.2. The summed E-state index contributed by atoms with van der Waals surface area (Å²) in [6.07, 6.45) is 6.00. The van der Waals surface area contributed by atoms with Crippen LogP contribution in [0.25, 0.3) is 0 Å². The molecule has 1 aromatic carbocycles. The first kappa shape index (κ1) is 14.2. The van der Waals surface area contributed by atoms with Crippen molar-refractivity contribution in [3.8, 4) is 11.5 Å². The van der Waals surface area contributed by atoms with Crippen molar-refractivity contribution in [3.63, 3.8) is 0 Å². The maximum atomic E-state index is 6.09. The molecule has 0 bridgehead atoms. The molecule has 0 heterocycles. The summed E-state index contributed by atoms with van der Waals surface area (Å²) < 4.78 is 11.5. The van der Waals surface area contributed by atoms with Gasteiger partial charge in [-0.25, -0.2) is 0 Å². The van der Waals surface area contributed by atoms with Crippen molar-refractivity contribution >= 4 is 0 Å². The molecule has 0 atom stereocenters. The standard InChI is InChI=1S/C16H25NO2/c1-16(2,17)11-12-8-9-14(18-3)15(10-12)19-13-6-4-5-7-13/h8-10,13H,4-7,11,17H2,1-3H3. The zero-order chi connectivity index (χ0) is 13.9. The molecule has 0 aliphatic heterocycles. The third kappa shape index (κ3) is 4.13. The molecule has 3 heteroatoms. The summed E-state index contributed by atoms with van der Waals surface area (Å²) in [5.41, 5.74) is 7.07. The fourth-order valence-electron chi connectivity index (χ4n) is 2.64. The predicted molar refractivity (Wildman–Crippen MR) is 77.8 cm³/mol. The molecule has 0 radical (unpaired) electrons. The molecule has 1 aliphatic rings. The lowest BCUT2D eigenvalue weighted by Gasteiger charge is -2.21. The van der Waals surface area contributed by atoms with E-state index in [0.29, 0.717) is 6.10 Å². The molecule has 2 rings (SSSR count). The zero-order valence-electron chi connectivity index (χ0n) is 12.2. The van der Waals surface area contributed by atoms with E-state index < -0.39 is 0 Å². The second-order valence-electron chi connectivity index (χ2n) is 6.17. The number of rotatable bonds is 5. The molecule has 0 spiro atoms. The molecule has 1 aromatic rings. The van der Waals surface area contributed by atoms with E-state index in [1.807, 2.05) is 19.9 Å². The monoisotopic (exact) mass is 263 g/mol. The SMILES string of the molecule is COc1ccc(CC(C)(C)N)cc1OC1CCCC1. The molecule has 19 heavy (non-hydrogen) atoms. The number of hydrogen-bond acceptors (Lipinski definition) is 3. The van der Waals surface area contributed by atoms with Gasteiger partial charge in [0.05, 0.1) is 13.2 Å². The number of nitrogens with two attached hydrogens (primary N) is 1. The van der Waals surface area contributed by atoms with Gasteiger partial charge < -0.3 is 15.2 Å². The van der Waals surface area contributed by atoms with E-state index in [4.69, 9.17) is 15.2 Å². The minimum absolute atomic E-state index is 0.209. The lowest BCUT2D eigenvalue weighted by atomic mass is 9.96. The van der Waals surface area contributed by atoms with Crippen LogP contribution in [-0.4, -0.2) is 18.8 Å². The molecular formula is C16H25NO2. The largest absolute Gasteiger partial charge is 0.493 e. The molecule has 0 saturated heterocycles. The third-order valence-corrected chi connectivity index (χ3v) is 3.48. The summed E-state index contributed by atoms with van der Waals surface area (Å²) >= 11 is 0. The van der Waals surface area contributed by atoms with Crippen LogP contribution in [0, 0.1) is 0 Å². The average molecular weight is 263 g/mol. The highest BCUT2D eigenvalue weighted by Gasteiger charge is 2.19. The number of ether oxygens (including phenoxy) is 2. The Morgan fingerprint density at radius 3 is 2.47 bits per heavy atom. The Bertz CT molecular complexity index is 417. The van der Waals surface area contributed by atoms with E-state index in [1.54, 1.807) is 7.11 Å². The molecule has 1 fully saturated rings. The van der Waals surface area contributed by atoms with Crippen LogP contribution in [-0.2, 0) is 6.42 Å². The molecule has 3 nitrogen and oxygen atoms in total. The van der Waals surface area contributed by atoms with Gasteiger partial charge >= 0.3 is 0 Å². The third-order valence-electron chi connectivity index (χ3n) is 3.48. The van der Waals surface area contributed by atoms with Crippen molar-refractivity contribution in [2.24, 2.45) is 5.73 Å². The minimum atomic E-state index is -0.209. The summed E-state index contributed by atoms with van der Waals surface area (Å²) in [6, 6.07) is 6.12. The highest BCUT2D eigenvalue weighted by Crippen LogP contribution is 2.33. The van der Waals surface area contributed by atoms with E-state index in [0.717, 1.165) is 30.8 Å². The lowest BCUT2D eigenvalue weighted by molar-refractivity contribution is 0.200. The number of hydrogen-bond donors (Lipinski definition) is 1. The Kier molecular flexibility index (Phi) is 4.35. The first-order valence-electron chi connectivity index (χ1n) is 7.10. The van der Waals surface area contributed by atoms with Gasteiger partial charge in [-0.15, -0.1) is 0 Å². The second kappa shape index (κ2) is 5.83. The minimum Gasteiger partial charge on any atom is -0.493 e. The van der Waals surface area contributed by atoms with E-state index in [9.17, 15) is 0 Å². The summed E-state index contributed by atoms with van der Waals surface area (Å²) in [6.45, 7) is 4.07. The van der Waals surface area contributed by atoms with Gasteiger partial charge in [-0.05, 0) is 63.6 Å². The molecule has 0 aromatic heterocycles. The van der Waals surface area contributed by atoms with E-state index in [1.165, 1.54) is 18.4 Å². The van der Waals surface area contributed by atoms with Gasteiger partial charge in [-0.2, -0.15) is 0 Å². The van der Waals surface area contributed by atoms with Crippen LogP contribution in [0.2, 0.25) is 0 Å². The fourth-order valence-corrected chi connectivity index (χ4v) is 2.64. The smallest absolute Gasteiger partial charge is 0.161 e. The summed E-state index contributed by atoms with van der Waals surface area (Å²) in [7, 11) is 1.68. The van der Waals surface area contributed by atoms with Gasteiger partial charge in [0.2, 0.25) is 0 Å². The normalized spacial score (nSPS) is 16.6. The van der Waals surface area contributed by atoms with Crippen molar-refractivity contribution in [1.82, 2.24) is 0 Å². The van der Waals surface area contributed by atoms with E-state index in [-0.39, 0.29) is 5.54 Å². The first-order valence-corrected chi connectivity index (χ1v) is 7.10. The number of benzene rings is 1. The number of methoxy groups -OCH3 is 1. The molecular weight excluding hydrogens is 238 g/mol. The molecule has 0 unspecified atom stereocenters. The second-order valence-corrected chi connectivity index (χ2v) is 6.17. The van der Waals surface area contributed by atoms with E-state index >= 15 is 0 Å². The maximum absolute atomic E-state index is 6.09. The maximum Gasteiger partial charge on any atom is 0.161 e. The van der Waals surface area contributed by atoms with Crippen molar-refractivity contribution in [2.75, 3.05) is 7.11 Å². The molecule has 2 N–H and O–H groups in total. The van der Waals surface area contributed by atoms with Crippen LogP contribution >= 0.6 is 0 Å². The van der Waals surface area contributed by atoms with Crippen LogP contribution in [0.3, 0.4) is 0 Å². The van der Waals surface area contributed by atoms with Gasteiger partial charge in [0.25, 0.3) is 0 Å².